The highest BCUT2D eigenvalue weighted by atomic mass is 35.5. The summed E-state index contributed by atoms with van der Waals surface area (Å²) in [5, 5.41) is 0.597. The molecule has 0 N–H and O–H groups in total. The first kappa shape index (κ1) is 15.5. The molecular formula is C17H15ClO5. The number of carbonyl (C=O) groups is 1. The Labute approximate surface area is 138 Å². The van der Waals surface area contributed by atoms with Gasteiger partial charge in [0.15, 0.2) is 11.5 Å². The van der Waals surface area contributed by atoms with Crippen molar-refractivity contribution in [1.29, 1.82) is 0 Å². The minimum absolute atomic E-state index is 0.135. The minimum Gasteiger partial charge on any atom is -0.493 e. The summed E-state index contributed by atoms with van der Waals surface area (Å²) in [7, 11) is 1.51. The van der Waals surface area contributed by atoms with E-state index in [1.165, 1.54) is 7.11 Å². The molecule has 0 fully saturated rings. The molecule has 0 unspecified atom stereocenters. The van der Waals surface area contributed by atoms with Crippen LogP contribution in [0.5, 0.6) is 17.2 Å². The fourth-order valence-electron chi connectivity index (χ4n) is 2.25. The highest BCUT2D eigenvalue weighted by Crippen LogP contribution is 2.40. The third-order valence-corrected chi connectivity index (χ3v) is 3.56. The standard InChI is InChI=1S/C17H15ClO5/c1-20-14-8-12(9-15-16(14)22-6-5-21-15)17(19)23-10-11-3-2-4-13(18)7-11/h2-4,7-9H,5-6,10H2,1H3. The molecule has 0 saturated heterocycles. The van der Waals surface area contributed by atoms with Crippen molar-refractivity contribution in [2.45, 2.75) is 6.61 Å². The largest absolute Gasteiger partial charge is 0.493 e. The molecule has 0 aliphatic carbocycles. The molecule has 0 spiro atoms. The number of carbonyl (C=O) groups excluding carboxylic acids is 1. The van der Waals surface area contributed by atoms with Crippen LogP contribution in [-0.4, -0.2) is 26.3 Å². The summed E-state index contributed by atoms with van der Waals surface area (Å²) >= 11 is 5.91. The van der Waals surface area contributed by atoms with Gasteiger partial charge in [-0.15, -0.1) is 0 Å². The quantitative estimate of drug-likeness (QED) is 0.801. The minimum atomic E-state index is -0.472. The molecule has 0 aromatic heterocycles. The van der Waals surface area contributed by atoms with Gasteiger partial charge in [0.1, 0.15) is 19.8 Å². The van der Waals surface area contributed by atoms with E-state index in [1.54, 1.807) is 30.3 Å². The number of ether oxygens (including phenoxy) is 4. The van der Waals surface area contributed by atoms with E-state index in [9.17, 15) is 4.79 Å². The van der Waals surface area contributed by atoms with Crippen molar-refractivity contribution < 1.29 is 23.7 Å². The Kier molecular flexibility index (Phi) is 4.57. The van der Waals surface area contributed by atoms with Gasteiger partial charge in [0, 0.05) is 5.02 Å². The van der Waals surface area contributed by atoms with Gasteiger partial charge in [-0.2, -0.15) is 0 Å². The maximum atomic E-state index is 12.2. The first-order valence-electron chi connectivity index (χ1n) is 7.06. The summed E-state index contributed by atoms with van der Waals surface area (Å²) in [4.78, 5) is 12.2. The maximum absolute atomic E-state index is 12.2. The first-order valence-corrected chi connectivity index (χ1v) is 7.44. The highest BCUT2D eigenvalue weighted by molar-refractivity contribution is 6.30. The van der Waals surface area contributed by atoms with Gasteiger partial charge < -0.3 is 18.9 Å². The molecule has 120 valence electrons. The van der Waals surface area contributed by atoms with Crippen LogP contribution in [0.15, 0.2) is 36.4 Å². The summed E-state index contributed by atoms with van der Waals surface area (Å²) in [6, 6.07) is 10.3. The lowest BCUT2D eigenvalue weighted by Gasteiger charge is -2.21. The second-order valence-electron chi connectivity index (χ2n) is 4.91. The van der Waals surface area contributed by atoms with Crippen LogP contribution in [0.25, 0.3) is 0 Å². The fourth-order valence-corrected chi connectivity index (χ4v) is 2.46. The molecule has 23 heavy (non-hydrogen) atoms. The van der Waals surface area contributed by atoms with E-state index in [0.717, 1.165) is 5.56 Å². The van der Waals surface area contributed by atoms with Crippen molar-refractivity contribution in [1.82, 2.24) is 0 Å². The maximum Gasteiger partial charge on any atom is 0.338 e. The third kappa shape index (κ3) is 3.51. The average molecular weight is 335 g/mol. The van der Waals surface area contributed by atoms with Crippen LogP contribution in [0, 0.1) is 0 Å². The number of fused-ring (bicyclic) bond motifs is 1. The molecule has 0 atom stereocenters. The van der Waals surface area contributed by atoms with Gasteiger partial charge in [0.25, 0.3) is 0 Å². The molecule has 0 saturated carbocycles. The third-order valence-electron chi connectivity index (χ3n) is 3.32. The molecule has 2 aromatic rings. The Morgan fingerprint density at radius 1 is 1.22 bits per heavy atom. The topological polar surface area (TPSA) is 54.0 Å². The van der Waals surface area contributed by atoms with E-state index >= 15 is 0 Å². The van der Waals surface area contributed by atoms with Gasteiger partial charge in [0.2, 0.25) is 5.75 Å². The summed E-state index contributed by atoms with van der Waals surface area (Å²) in [5.41, 5.74) is 1.16. The Balaban J connectivity index is 1.77. The summed E-state index contributed by atoms with van der Waals surface area (Å²) in [6.07, 6.45) is 0. The Hall–Kier alpha value is -2.40. The number of esters is 1. The van der Waals surface area contributed by atoms with E-state index in [0.29, 0.717) is 41.0 Å². The molecule has 0 bridgehead atoms. The Morgan fingerprint density at radius 2 is 2.04 bits per heavy atom. The predicted octanol–water partition coefficient (Wildman–Crippen LogP) is 3.48. The van der Waals surface area contributed by atoms with Crippen LogP contribution in [0.2, 0.25) is 5.02 Å². The van der Waals surface area contributed by atoms with E-state index in [-0.39, 0.29) is 6.61 Å². The van der Waals surface area contributed by atoms with E-state index in [2.05, 4.69) is 0 Å². The molecule has 2 aromatic carbocycles. The SMILES string of the molecule is COc1cc(C(=O)OCc2cccc(Cl)c2)cc2c1OCCO2. The van der Waals surface area contributed by atoms with Crippen molar-refractivity contribution in [3.63, 3.8) is 0 Å². The zero-order chi connectivity index (χ0) is 16.2. The summed E-state index contributed by atoms with van der Waals surface area (Å²) in [5.74, 6) is 0.951. The van der Waals surface area contributed by atoms with E-state index in [4.69, 9.17) is 30.5 Å². The second-order valence-corrected chi connectivity index (χ2v) is 5.35. The van der Waals surface area contributed by atoms with Crippen LogP contribution in [0.3, 0.4) is 0 Å². The molecule has 3 rings (SSSR count). The Bertz CT molecular complexity index is 712. The van der Waals surface area contributed by atoms with Crippen LogP contribution < -0.4 is 14.2 Å². The normalized spacial score (nSPS) is 12.6. The molecule has 6 heteroatoms. The molecule has 5 nitrogen and oxygen atoms in total. The lowest BCUT2D eigenvalue weighted by atomic mass is 10.1. The first-order chi connectivity index (χ1) is 11.2. The number of hydrogen-bond donors (Lipinski definition) is 0. The molecule has 1 aliphatic heterocycles. The van der Waals surface area contributed by atoms with Crippen LogP contribution >= 0.6 is 11.6 Å². The van der Waals surface area contributed by atoms with Crippen LogP contribution in [0.1, 0.15) is 15.9 Å². The predicted molar refractivity (Wildman–Crippen MR) is 84.6 cm³/mol. The average Bonchev–Trinajstić information content (AvgIpc) is 2.58. The van der Waals surface area contributed by atoms with Crippen LogP contribution in [0.4, 0.5) is 0 Å². The summed E-state index contributed by atoms with van der Waals surface area (Å²) in [6.45, 7) is 1.01. The van der Waals surface area contributed by atoms with Crippen molar-refractivity contribution in [3.05, 3.63) is 52.5 Å². The summed E-state index contributed by atoms with van der Waals surface area (Å²) < 4.78 is 21.6. The second kappa shape index (κ2) is 6.79. The number of hydrogen-bond acceptors (Lipinski definition) is 5. The van der Waals surface area contributed by atoms with Gasteiger partial charge in [-0.05, 0) is 29.8 Å². The molecule has 1 aliphatic rings. The number of benzene rings is 2. The van der Waals surface area contributed by atoms with E-state index in [1.807, 2.05) is 6.07 Å². The highest BCUT2D eigenvalue weighted by Gasteiger charge is 2.21. The van der Waals surface area contributed by atoms with Gasteiger partial charge in [0.05, 0.1) is 12.7 Å². The zero-order valence-electron chi connectivity index (χ0n) is 12.5. The van der Waals surface area contributed by atoms with Gasteiger partial charge in [-0.25, -0.2) is 4.79 Å². The zero-order valence-corrected chi connectivity index (χ0v) is 13.3. The smallest absolute Gasteiger partial charge is 0.338 e. The molecular weight excluding hydrogens is 320 g/mol. The molecule has 1 heterocycles. The van der Waals surface area contributed by atoms with Crippen molar-refractivity contribution >= 4 is 17.6 Å². The van der Waals surface area contributed by atoms with Crippen molar-refractivity contribution in [3.8, 4) is 17.2 Å². The number of rotatable bonds is 4. The number of halogens is 1. The van der Waals surface area contributed by atoms with Gasteiger partial charge in [-0.1, -0.05) is 23.7 Å². The van der Waals surface area contributed by atoms with Gasteiger partial charge in [-0.3, -0.25) is 0 Å². The molecule has 0 amide bonds. The lowest BCUT2D eigenvalue weighted by molar-refractivity contribution is 0.0471. The number of methoxy groups -OCH3 is 1. The lowest BCUT2D eigenvalue weighted by Crippen LogP contribution is -2.17. The fraction of sp³-hybridized carbons (Fsp3) is 0.235. The van der Waals surface area contributed by atoms with E-state index < -0.39 is 5.97 Å². The van der Waals surface area contributed by atoms with Crippen LogP contribution in [-0.2, 0) is 11.3 Å². The monoisotopic (exact) mass is 334 g/mol. The Morgan fingerprint density at radius 3 is 2.83 bits per heavy atom. The molecule has 0 radical (unpaired) electrons. The van der Waals surface area contributed by atoms with Crippen molar-refractivity contribution in [2.24, 2.45) is 0 Å². The van der Waals surface area contributed by atoms with Gasteiger partial charge >= 0.3 is 5.97 Å². The van der Waals surface area contributed by atoms with Crippen molar-refractivity contribution in [2.75, 3.05) is 20.3 Å².